The number of likely N-dealkylation sites (N-methyl/N-ethyl adjacent to an activating group) is 1. The van der Waals surface area contributed by atoms with Gasteiger partial charge in [-0.05, 0) is 44.3 Å². The van der Waals surface area contributed by atoms with Crippen LogP contribution in [-0.4, -0.2) is 48.0 Å². The number of aryl methyl sites for hydroxylation is 1. The van der Waals surface area contributed by atoms with E-state index in [2.05, 4.69) is 57.4 Å². The third kappa shape index (κ3) is 4.29. The molecule has 0 saturated heterocycles. The highest BCUT2D eigenvalue weighted by Gasteiger charge is 2.21. The fourth-order valence-corrected chi connectivity index (χ4v) is 3.24. The summed E-state index contributed by atoms with van der Waals surface area (Å²) in [6, 6.07) is 12.4. The summed E-state index contributed by atoms with van der Waals surface area (Å²) in [5.41, 5.74) is 4.31. The number of H-pyrrole nitrogens is 1. The minimum absolute atomic E-state index is 0.00722. The number of nitrogens with one attached hydrogen (secondary N) is 2. The smallest absolute Gasteiger partial charge is 0.220 e. The molecule has 26 heavy (non-hydrogen) atoms. The van der Waals surface area contributed by atoms with Crippen molar-refractivity contribution in [2.75, 3.05) is 27.2 Å². The van der Waals surface area contributed by atoms with Gasteiger partial charge in [-0.2, -0.15) is 0 Å². The molecule has 0 spiro atoms. The van der Waals surface area contributed by atoms with E-state index in [1.807, 2.05) is 26.4 Å². The van der Waals surface area contributed by atoms with Crippen LogP contribution in [0.25, 0.3) is 11.0 Å². The van der Waals surface area contributed by atoms with Crippen LogP contribution in [-0.2, 0) is 4.79 Å². The van der Waals surface area contributed by atoms with Crippen LogP contribution < -0.4 is 5.32 Å². The number of aromatic nitrogens is 2. The zero-order valence-electron chi connectivity index (χ0n) is 15.6. The van der Waals surface area contributed by atoms with Gasteiger partial charge in [-0.15, -0.1) is 0 Å². The molecule has 0 aliphatic carbocycles. The Kier molecular flexibility index (Phi) is 5.68. The number of pyridine rings is 1. The molecule has 3 aromatic rings. The molecule has 5 heteroatoms. The predicted molar refractivity (Wildman–Crippen MR) is 105 cm³/mol. The summed E-state index contributed by atoms with van der Waals surface area (Å²) in [5.74, 6) is 0.0591. The van der Waals surface area contributed by atoms with E-state index in [1.165, 1.54) is 5.56 Å². The van der Waals surface area contributed by atoms with Crippen molar-refractivity contribution in [3.63, 3.8) is 0 Å². The Morgan fingerprint density at radius 2 is 2.12 bits per heavy atom. The quantitative estimate of drug-likeness (QED) is 0.688. The molecule has 0 radical (unpaired) electrons. The van der Waals surface area contributed by atoms with E-state index in [-0.39, 0.29) is 11.8 Å². The van der Waals surface area contributed by atoms with Crippen LogP contribution >= 0.6 is 0 Å². The first-order valence-corrected chi connectivity index (χ1v) is 8.94. The highest BCUT2D eigenvalue weighted by Crippen LogP contribution is 2.33. The topological polar surface area (TPSA) is 61.0 Å². The van der Waals surface area contributed by atoms with Crippen molar-refractivity contribution in [1.82, 2.24) is 20.2 Å². The third-order valence-corrected chi connectivity index (χ3v) is 4.57. The van der Waals surface area contributed by atoms with Gasteiger partial charge in [-0.1, -0.05) is 29.8 Å². The maximum Gasteiger partial charge on any atom is 0.220 e. The molecule has 1 atom stereocenters. The lowest BCUT2D eigenvalue weighted by molar-refractivity contribution is -0.121. The molecule has 1 amide bonds. The molecule has 0 aliphatic rings. The average Bonchev–Trinajstić information content (AvgIpc) is 3.03. The number of hydrogen-bond acceptors (Lipinski definition) is 3. The Hall–Kier alpha value is -2.66. The first-order valence-electron chi connectivity index (χ1n) is 8.94. The third-order valence-electron chi connectivity index (χ3n) is 4.57. The lowest BCUT2D eigenvalue weighted by atomic mass is 9.87. The summed E-state index contributed by atoms with van der Waals surface area (Å²) in [5, 5.41) is 4.10. The molecule has 2 N–H and O–H groups in total. The van der Waals surface area contributed by atoms with Gasteiger partial charge in [0.15, 0.2) is 0 Å². The highest BCUT2D eigenvalue weighted by atomic mass is 16.1. The van der Waals surface area contributed by atoms with Crippen molar-refractivity contribution >= 4 is 16.9 Å². The monoisotopic (exact) mass is 350 g/mol. The molecule has 1 aromatic carbocycles. The lowest BCUT2D eigenvalue weighted by Crippen LogP contribution is -2.32. The minimum atomic E-state index is -0.00722. The zero-order valence-corrected chi connectivity index (χ0v) is 15.6. The zero-order chi connectivity index (χ0) is 18.5. The minimum Gasteiger partial charge on any atom is -0.355 e. The largest absolute Gasteiger partial charge is 0.355 e. The fraction of sp³-hybridized carbons (Fsp3) is 0.333. The summed E-state index contributed by atoms with van der Waals surface area (Å²) >= 11 is 0. The Balaban J connectivity index is 1.89. The lowest BCUT2D eigenvalue weighted by Gasteiger charge is -2.18. The molecule has 1 unspecified atom stereocenters. The molecule has 0 aliphatic heterocycles. The first-order chi connectivity index (χ1) is 12.5. The van der Waals surface area contributed by atoms with E-state index < -0.39 is 0 Å². The van der Waals surface area contributed by atoms with Gasteiger partial charge in [0.1, 0.15) is 5.65 Å². The SMILES string of the molecule is Cc1cccc(C(CC(=O)NCCN(C)C)c2c[nH]c3ncccc23)c1. The fourth-order valence-electron chi connectivity index (χ4n) is 3.24. The van der Waals surface area contributed by atoms with Crippen molar-refractivity contribution in [2.45, 2.75) is 19.3 Å². The summed E-state index contributed by atoms with van der Waals surface area (Å²) < 4.78 is 0. The Labute approximate surface area is 154 Å². The number of amides is 1. The molecule has 2 aromatic heterocycles. The van der Waals surface area contributed by atoms with Crippen molar-refractivity contribution < 1.29 is 4.79 Å². The van der Waals surface area contributed by atoms with Gasteiger partial charge in [0.2, 0.25) is 5.91 Å². The number of fused-ring (bicyclic) bond motifs is 1. The van der Waals surface area contributed by atoms with Crippen LogP contribution in [0.4, 0.5) is 0 Å². The second-order valence-corrected chi connectivity index (χ2v) is 6.97. The second-order valence-electron chi connectivity index (χ2n) is 6.97. The van der Waals surface area contributed by atoms with Crippen LogP contribution in [0.3, 0.4) is 0 Å². The van der Waals surface area contributed by atoms with Crippen molar-refractivity contribution in [1.29, 1.82) is 0 Å². The van der Waals surface area contributed by atoms with Gasteiger partial charge in [0.05, 0.1) is 0 Å². The van der Waals surface area contributed by atoms with E-state index in [1.54, 1.807) is 6.20 Å². The summed E-state index contributed by atoms with van der Waals surface area (Å²) in [4.78, 5) is 22.2. The van der Waals surface area contributed by atoms with Crippen molar-refractivity contribution in [2.24, 2.45) is 0 Å². The van der Waals surface area contributed by atoms with Crippen molar-refractivity contribution in [3.05, 3.63) is 65.5 Å². The number of benzene rings is 1. The molecule has 0 fully saturated rings. The van der Waals surface area contributed by atoms with E-state index in [4.69, 9.17) is 0 Å². The number of hydrogen-bond donors (Lipinski definition) is 2. The van der Waals surface area contributed by atoms with Crippen LogP contribution in [0.2, 0.25) is 0 Å². The summed E-state index contributed by atoms with van der Waals surface area (Å²) in [7, 11) is 4.00. The van der Waals surface area contributed by atoms with Gasteiger partial charge in [0, 0.05) is 43.2 Å². The number of carbonyl (C=O) groups is 1. The number of carbonyl (C=O) groups excluding carboxylic acids is 1. The standard InChI is InChI=1S/C21H26N4O/c1-15-6-4-7-16(12-15)18(13-20(26)22-10-11-25(2)3)19-14-24-21-17(19)8-5-9-23-21/h4-9,12,14,18H,10-11,13H2,1-3H3,(H,22,26)(H,23,24). The molecule has 2 heterocycles. The number of rotatable bonds is 7. The predicted octanol–water partition coefficient (Wildman–Crippen LogP) is 3.07. The van der Waals surface area contributed by atoms with E-state index in [0.29, 0.717) is 13.0 Å². The normalized spacial score (nSPS) is 12.5. The van der Waals surface area contributed by atoms with E-state index in [0.717, 1.165) is 28.7 Å². The second kappa shape index (κ2) is 8.15. The van der Waals surface area contributed by atoms with Gasteiger partial charge in [-0.25, -0.2) is 4.98 Å². The highest BCUT2D eigenvalue weighted by molar-refractivity contribution is 5.83. The Bertz CT molecular complexity index is 884. The van der Waals surface area contributed by atoms with Crippen LogP contribution in [0.5, 0.6) is 0 Å². The molecule has 0 bridgehead atoms. The molecule has 5 nitrogen and oxygen atoms in total. The van der Waals surface area contributed by atoms with Gasteiger partial charge in [0.25, 0.3) is 0 Å². The van der Waals surface area contributed by atoms with Gasteiger partial charge in [-0.3, -0.25) is 4.79 Å². The number of aromatic amines is 1. The summed E-state index contributed by atoms with van der Waals surface area (Å²) in [6.45, 7) is 3.56. The molecular formula is C21H26N4O. The van der Waals surface area contributed by atoms with Crippen LogP contribution in [0.1, 0.15) is 29.0 Å². The Morgan fingerprint density at radius 1 is 1.27 bits per heavy atom. The van der Waals surface area contributed by atoms with Gasteiger partial charge >= 0.3 is 0 Å². The van der Waals surface area contributed by atoms with Gasteiger partial charge < -0.3 is 15.2 Å². The Morgan fingerprint density at radius 3 is 2.88 bits per heavy atom. The number of nitrogens with zero attached hydrogens (tertiary/aromatic N) is 2. The average molecular weight is 350 g/mol. The molecular weight excluding hydrogens is 324 g/mol. The molecule has 0 saturated carbocycles. The van der Waals surface area contributed by atoms with E-state index in [9.17, 15) is 4.79 Å². The molecule has 136 valence electrons. The maximum absolute atomic E-state index is 12.6. The van der Waals surface area contributed by atoms with Crippen LogP contribution in [0.15, 0.2) is 48.8 Å². The van der Waals surface area contributed by atoms with E-state index >= 15 is 0 Å². The van der Waals surface area contributed by atoms with Crippen molar-refractivity contribution in [3.8, 4) is 0 Å². The molecule has 3 rings (SSSR count). The maximum atomic E-state index is 12.6. The van der Waals surface area contributed by atoms with Crippen LogP contribution in [0, 0.1) is 6.92 Å². The summed E-state index contributed by atoms with van der Waals surface area (Å²) in [6.07, 6.45) is 4.18. The first kappa shape index (κ1) is 18.1.